The summed E-state index contributed by atoms with van der Waals surface area (Å²) in [6, 6.07) is 4.22. The molecule has 3 aliphatic rings. The maximum Gasteiger partial charge on any atom is 0.339 e. The first kappa shape index (κ1) is 22.9. The van der Waals surface area contributed by atoms with Crippen LogP contribution in [0.2, 0.25) is 0 Å². The van der Waals surface area contributed by atoms with Gasteiger partial charge in [-0.3, -0.25) is 4.79 Å². The molecule has 0 bridgehead atoms. The van der Waals surface area contributed by atoms with E-state index in [0.717, 1.165) is 25.2 Å². The second-order valence-electron chi connectivity index (χ2n) is 11.2. The molecule has 1 unspecified atom stereocenters. The summed E-state index contributed by atoms with van der Waals surface area (Å²) in [5, 5.41) is 22.1. The number of carboxylic acid groups (broad SMARTS) is 1. The summed E-state index contributed by atoms with van der Waals surface area (Å²) >= 11 is 0. The maximum atomic E-state index is 13.6. The zero-order chi connectivity index (χ0) is 23.3. The number of phenols is 1. The molecular formula is C27H37NO4. The molecule has 1 aromatic rings. The van der Waals surface area contributed by atoms with Crippen molar-refractivity contribution in [3.8, 4) is 5.75 Å². The number of carboxylic acids is 1. The number of fused-ring (bicyclic) bond motifs is 3. The van der Waals surface area contributed by atoms with E-state index in [9.17, 15) is 14.7 Å². The van der Waals surface area contributed by atoms with Gasteiger partial charge in [-0.2, -0.15) is 0 Å². The number of nitrogens with one attached hydrogen (secondary N) is 1. The normalized spacial score (nSPS) is 34.3. The Kier molecular flexibility index (Phi) is 5.89. The first-order valence-corrected chi connectivity index (χ1v) is 12.1. The predicted octanol–water partition coefficient (Wildman–Crippen LogP) is 6.24. The fourth-order valence-corrected chi connectivity index (χ4v) is 7.13. The molecule has 2 fully saturated rings. The van der Waals surface area contributed by atoms with Crippen molar-refractivity contribution in [3.05, 3.63) is 35.4 Å². The van der Waals surface area contributed by atoms with Crippen LogP contribution >= 0.6 is 0 Å². The molecule has 1 aromatic carbocycles. The van der Waals surface area contributed by atoms with E-state index in [0.29, 0.717) is 17.5 Å². The van der Waals surface area contributed by atoms with Crippen molar-refractivity contribution in [1.29, 1.82) is 0 Å². The lowest BCUT2D eigenvalue weighted by atomic mass is 9.46. The highest BCUT2D eigenvalue weighted by Gasteiger charge is 2.57. The number of aromatic carboxylic acids is 1. The van der Waals surface area contributed by atoms with Crippen molar-refractivity contribution in [2.75, 3.05) is 5.32 Å². The third-order valence-electron chi connectivity index (χ3n) is 9.11. The molecule has 0 saturated heterocycles. The molecule has 2 saturated carbocycles. The number of carbonyl (C=O) groups excluding carboxylic acids is 1. The number of rotatable bonds is 4. The molecule has 3 N–H and O–H groups in total. The third-order valence-corrected chi connectivity index (χ3v) is 9.11. The van der Waals surface area contributed by atoms with Gasteiger partial charge < -0.3 is 15.5 Å². The van der Waals surface area contributed by atoms with Crippen molar-refractivity contribution >= 4 is 17.6 Å². The van der Waals surface area contributed by atoms with Gasteiger partial charge in [0.15, 0.2) is 0 Å². The van der Waals surface area contributed by atoms with Crippen LogP contribution in [0.3, 0.4) is 0 Å². The first-order valence-electron chi connectivity index (χ1n) is 12.1. The zero-order valence-electron chi connectivity index (χ0n) is 19.8. The van der Waals surface area contributed by atoms with Crippen molar-refractivity contribution in [2.45, 2.75) is 72.6 Å². The second-order valence-corrected chi connectivity index (χ2v) is 11.2. The number of hydrogen-bond acceptors (Lipinski definition) is 3. The average molecular weight is 440 g/mol. The Bertz CT molecular complexity index is 951. The van der Waals surface area contributed by atoms with Crippen LogP contribution in [0, 0.1) is 34.5 Å². The first-order chi connectivity index (χ1) is 15.1. The molecular weight excluding hydrogens is 402 g/mol. The minimum Gasteiger partial charge on any atom is -0.507 e. The molecule has 0 aromatic heterocycles. The highest BCUT2D eigenvalue weighted by Crippen LogP contribution is 2.63. The number of anilines is 1. The van der Waals surface area contributed by atoms with Crippen LogP contribution in [0.25, 0.3) is 0 Å². The van der Waals surface area contributed by atoms with Gasteiger partial charge in [0.1, 0.15) is 11.3 Å². The molecule has 4 rings (SSSR count). The molecule has 32 heavy (non-hydrogen) atoms. The molecule has 0 radical (unpaired) electrons. The van der Waals surface area contributed by atoms with Gasteiger partial charge >= 0.3 is 5.97 Å². The molecule has 5 heteroatoms. The Labute approximate surface area is 191 Å². The fraction of sp³-hybridized carbons (Fsp3) is 0.630. The van der Waals surface area contributed by atoms with Gasteiger partial charge in [0.2, 0.25) is 5.91 Å². The van der Waals surface area contributed by atoms with Crippen LogP contribution in [0.15, 0.2) is 29.8 Å². The van der Waals surface area contributed by atoms with Crippen molar-refractivity contribution < 1.29 is 19.8 Å². The SMILES string of the molecule is CC(C)C1CC[C@H]2C(=CC[C@@H]3[C@]2(C)CCC[C@@]3(C)C(=O)Nc2ccc(C(=O)O)c(O)c2)C1. The zero-order valence-corrected chi connectivity index (χ0v) is 19.8. The molecule has 0 aliphatic heterocycles. The van der Waals surface area contributed by atoms with Gasteiger partial charge in [0.05, 0.1) is 5.41 Å². The largest absolute Gasteiger partial charge is 0.507 e. The van der Waals surface area contributed by atoms with Gasteiger partial charge in [-0.1, -0.05) is 45.8 Å². The lowest BCUT2D eigenvalue weighted by Gasteiger charge is -2.58. The molecule has 0 spiro atoms. The minimum absolute atomic E-state index is 0.0244. The predicted molar refractivity (Wildman–Crippen MR) is 126 cm³/mol. The van der Waals surface area contributed by atoms with E-state index < -0.39 is 11.4 Å². The van der Waals surface area contributed by atoms with Gasteiger partial charge in [0.25, 0.3) is 0 Å². The molecule has 3 aliphatic carbocycles. The maximum absolute atomic E-state index is 13.6. The standard InChI is InChI=1S/C27H37NO4/c1-16(2)17-6-10-21-18(14-17)7-11-23-26(21,3)12-5-13-27(23,4)25(32)28-19-8-9-20(24(30)31)22(29)15-19/h7-9,15-17,21,23,29H,5-6,10-14H2,1-4H3,(H,28,32)(H,30,31)/t17?,21-,23+,26+,27+/m0/s1. The summed E-state index contributed by atoms with van der Waals surface area (Å²) in [6.07, 6.45) is 10.2. The minimum atomic E-state index is -1.19. The van der Waals surface area contributed by atoms with Crippen LogP contribution in [0.5, 0.6) is 5.75 Å². The summed E-state index contributed by atoms with van der Waals surface area (Å²) in [5.41, 5.74) is 1.54. The van der Waals surface area contributed by atoms with E-state index in [1.54, 1.807) is 11.6 Å². The van der Waals surface area contributed by atoms with Crippen LogP contribution in [0.1, 0.15) is 83.0 Å². The van der Waals surface area contributed by atoms with E-state index in [1.807, 2.05) is 0 Å². The second kappa shape index (κ2) is 8.24. The van der Waals surface area contributed by atoms with E-state index in [1.165, 1.54) is 37.8 Å². The number of amides is 1. The summed E-state index contributed by atoms with van der Waals surface area (Å²) in [4.78, 5) is 24.8. The fourth-order valence-electron chi connectivity index (χ4n) is 7.13. The van der Waals surface area contributed by atoms with Gasteiger partial charge in [0, 0.05) is 11.8 Å². The molecule has 5 nitrogen and oxygen atoms in total. The van der Waals surface area contributed by atoms with Crippen LogP contribution in [-0.4, -0.2) is 22.1 Å². The van der Waals surface area contributed by atoms with E-state index in [-0.39, 0.29) is 28.6 Å². The summed E-state index contributed by atoms with van der Waals surface area (Å²) in [6.45, 7) is 9.20. The number of aromatic hydroxyl groups is 1. The number of allylic oxidation sites excluding steroid dienone is 2. The Morgan fingerprint density at radius 1 is 1.16 bits per heavy atom. The lowest BCUT2D eigenvalue weighted by Crippen LogP contribution is -2.54. The van der Waals surface area contributed by atoms with Crippen LogP contribution < -0.4 is 5.32 Å². The van der Waals surface area contributed by atoms with Crippen molar-refractivity contribution in [3.63, 3.8) is 0 Å². The summed E-state index contributed by atoms with van der Waals surface area (Å²) in [7, 11) is 0. The highest BCUT2D eigenvalue weighted by atomic mass is 16.4. The number of benzene rings is 1. The highest BCUT2D eigenvalue weighted by molar-refractivity contribution is 5.97. The summed E-state index contributed by atoms with van der Waals surface area (Å²) in [5.74, 6) is 0.797. The topological polar surface area (TPSA) is 86.6 Å². The smallest absolute Gasteiger partial charge is 0.339 e. The van der Waals surface area contributed by atoms with E-state index in [2.05, 4.69) is 39.1 Å². The third kappa shape index (κ3) is 3.74. The van der Waals surface area contributed by atoms with Crippen LogP contribution in [0.4, 0.5) is 5.69 Å². The number of hydrogen-bond donors (Lipinski definition) is 3. The quantitative estimate of drug-likeness (QED) is 0.484. The van der Waals surface area contributed by atoms with Gasteiger partial charge in [-0.25, -0.2) is 4.79 Å². The van der Waals surface area contributed by atoms with Crippen molar-refractivity contribution in [2.24, 2.45) is 34.5 Å². The molecule has 5 atom stereocenters. The van der Waals surface area contributed by atoms with E-state index >= 15 is 0 Å². The Balaban J connectivity index is 1.58. The molecule has 0 heterocycles. The van der Waals surface area contributed by atoms with E-state index in [4.69, 9.17) is 5.11 Å². The Hall–Kier alpha value is -2.30. The number of carbonyl (C=O) groups is 2. The average Bonchev–Trinajstić information content (AvgIpc) is 2.73. The Morgan fingerprint density at radius 2 is 1.91 bits per heavy atom. The van der Waals surface area contributed by atoms with Crippen LogP contribution in [-0.2, 0) is 4.79 Å². The van der Waals surface area contributed by atoms with Crippen molar-refractivity contribution in [1.82, 2.24) is 0 Å². The van der Waals surface area contributed by atoms with Gasteiger partial charge in [-0.05, 0) is 79.7 Å². The lowest BCUT2D eigenvalue weighted by molar-refractivity contribution is -0.139. The van der Waals surface area contributed by atoms with Gasteiger partial charge in [-0.15, -0.1) is 0 Å². The molecule has 174 valence electrons. The Morgan fingerprint density at radius 3 is 2.56 bits per heavy atom. The summed E-state index contributed by atoms with van der Waals surface area (Å²) < 4.78 is 0. The molecule has 1 amide bonds. The monoisotopic (exact) mass is 439 g/mol.